The fourth-order valence-electron chi connectivity index (χ4n) is 0.964. The number of alkyl halides is 2. The minimum absolute atomic E-state index is 0.229. The SMILES string of the molecule is CN(c1ccccc1F)S(=O)(=O)C(F)F. The van der Waals surface area contributed by atoms with E-state index in [-0.39, 0.29) is 4.31 Å². The van der Waals surface area contributed by atoms with Gasteiger partial charge in [-0.3, -0.25) is 4.31 Å². The Bertz CT molecular complexity index is 447. The molecule has 0 saturated carbocycles. The maximum Gasteiger partial charge on any atom is 0.355 e. The number of nitrogens with zero attached hydrogens (tertiary/aromatic N) is 1. The van der Waals surface area contributed by atoms with Crippen LogP contribution in [0.15, 0.2) is 24.3 Å². The standard InChI is InChI=1S/C8H8F3NO2S/c1-12(15(13,14)8(10)11)7-5-3-2-4-6(7)9/h2-5,8H,1H3. The first-order valence-corrected chi connectivity index (χ1v) is 5.38. The number of sulfonamides is 1. The van der Waals surface area contributed by atoms with E-state index < -0.39 is 27.3 Å². The van der Waals surface area contributed by atoms with E-state index in [0.717, 1.165) is 19.2 Å². The van der Waals surface area contributed by atoms with Gasteiger partial charge in [-0.25, -0.2) is 12.8 Å². The fraction of sp³-hybridized carbons (Fsp3) is 0.250. The first kappa shape index (κ1) is 11.8. The predicted octanol–water partition coefficient (Wildman–Crippen LogP) is 1.81. The molecule has 0 unspecified atom stereocenters. The lowest BCUT2D eigenvalue weighted by molar-refractivity contribution is 0.234. The minimum Gasteiger partial charge on any atom is -0.266 e. The van der Waals surface area contributed by atoms with Gasteiger partial charge in [0.1, 0.15) is 5.82 Å². The third-order valence-corrected chi connectivity index (χ3v) is 3.21. The van der Waals surface area contributed by atoms with E-state index in [0.29, 0.717) is 0 Å². The summed E-state index contributed by atoms with van der Waals surface area (Å²) in [4.78, 5) is 0. The zero-order valence-electron chi connectivity index (χ0n) is 7.69. The lowest BCUT2D eigenvalue weighted by Gasteiger charge is -2.18. The van der Waals surface area contributed by atoms with Crippen LogP contribution >= 0.6 is 0 Å². The average molecular weight is 239 g/mol. The second-order valence-electron chi connectivity index (χ2n) is 2.72. The molecule has 0 radical (unpaired) electrons. The van der Waals surface area contributed by atoms with Gasteiger partial charge in [0.25, 0.3) is 10.0 Å². The van der Waals surface area contributed by atoms with E-state index in [4.69, 9.17) is 0 Å². The van der Waals surface area contributed by atoms with E-state index in [9.17, 15) is 21.6 Å². The Kier molecular flexibility index (Phi) is 3.23. The molecule has 0 atom stereocenters. The molecule has 0 aromatic heterocycles. The van der Waals surface area contributed by atoms with E-state index in [1.54, 1.807) is 0 Å². The van der Waals surface area contributed by atoms with Crippen LogP contribution in [0, 0.1) is 5.82 Å². The summed E-state index contributed by atoms with van der Waals surface area (Å²) in [6, 6.07) is 4.79. The van der Waals surface area contributed by atoms with Crippen molar-refractivity contribution in [2.24, 2.45) is 0 Å². The summed E-state index contributed by atoms with van der Waals surface area (Å²) in [7, 11) is -3.92. The van der Waals surface area contributed by atoms with Crippen molar-refractivity contribution in [2.75, 3.05) is 11.4 Å². The first-order chi connectivity index (χ1) is 6.87. The van der Waals surface area contributed by atoms with E-state index in [1.165, 1.54) is 12.1 Å². The maximum atomic E-state index is 13.1. The van der Waals surface area contributed by atoms with Crippen molar-refractivity contribution in [3.05, 3.63) is 30.1 Å². The highest BCUT2D eigenvalue weighted by Crippen LogP contribution is 2.22. The molecule has 0 heterocycles. The van der Waals surface area contributed by atoms with Gasteiger partial charge in [0.15, 0.2) is 0 Å². The van der Waals surface area contributed by atoms with Gasteiger partial charge in [-0.15, -0.1) is 0 Å². The van der Waals surface area contributed by atoms with E-state index >= 15 is 0 Å². The lowest BCUT2D eigenvalue weighted by atomic mass is 10.3. The van der Waals surface area contributed by atoms with Crippen molar-refractivity contribution < 1.29 is 21.6 Å². The average Bonchev–Trinajstić information content (AvgIpc) is 2.17. The number of para-hydroxylation sites is 1. The molecule has 15 heavy (non-hydrogen) atoms. The Labute approximate surface area is 85.2 Å². The monoisotopic (exact) mass is 239 g/mol. The lowest BCUT2D eigenvalue weighted by Crippen LogP contribution is -2.32. The van der Waals surface area contributed by atoms with E-state index in [2.05, 4.69) is 0 Å². The highest BCUT2D eigenvalue weighted by Gasteiger charge is 2.30. The summed E-state index contributed by atoms with van der Waals surface area (Å²) in [5.74, 6) is -4.44. The summed E-state index contributed by atoms with van der Waals surface area (Å²) >= 11 is 0. The number of anilines is 1. The summed E-state index contributed by atoms with van der Waals surface area (Å²) < 4.78 is 59.6. The van der Waals surface area contributed by atoms with Crippen molar-refractivity contribution >= 4 is 15.7 Å². The molecule has 0 bridgehead atoms. The zero-order chi connectivity index (χ0) is 11.6. The van der Waals surface area contributed by atoms with Crippen molar-refractivity contribution in [2.45, 2.75) is 5.76 Å². The quantitative estimate of drug-likeness (QED) is 0.806. The van der Waals surface area contributed by atoms with Gasteiger partial charge in [-0.05, 0) is 12.1 Å². The summed E-state index contributed by atoms with van der Waals surface area (Å²) in [6.45, 7) is 0. The maximum absolute atomic E-state index is 13.1. The molecule has 0 aliphatic rings. The van der Waals surface area contributed by atoms with Gasteiger partial charge in [0.05, 0.1) is 5.69 Å². The zero-order valence-corrected chi connectivity index (χ0v) is 8.51. The Morgan fingerprint density at radius 3 is 2.27 bits per heavy atom. The van der Waals surface area contributed by atoms with Crippen LogP contribution in [0.1, 0.15) is 0 Å². The Balaban J connectivity index is 3.17. The molecular weight excluding hydrogens is 231 g/mol. The molecule has 1 aromatic carbocycles. The van der Waals surface area contributed by atoms with Crippen LogP contribution in [0.3, 0.4) is 0 Å². The Morgan fingerprint density at radius 2 is 1.80 bits per heavy atom. The molecule has 84 valence electrons. The van der Waals surface area contributed by atoms with E-state index in [1.807, 2.05) is 0 Å². The Morgan fingerprint density at radius 1 is 1.27 bits per heavy atom. The highest BCUT2D eigenvalue weighted by molar-refractivity contribution is 7.93. The van der Waals surface area contributed by atoms with Gasteiger partial charge < -0.3 is 0 Å². The number of hydrogen-bond donors (Lipinski definition) is 0. The molecule has 1 aromatic rings. The molecule has 0 N–H and O–H groups in total. The van der Waals surface area contributed by atoms with Crippen molar-refractivity contribution in [3.63, 3.8) is 0 Å². The molecule has 7 heteroatoms. The van der Waals surface area contributed by atoms with Crippen LogP contribution in [0.5, 0.6) is 0 Å². The normalized spacial score (nSPS) is 11.8. The third kappa shape index (κ3) is 2.23. The second-order valence-corrected chi connectivity index (χ2v) is 4.66. The van der Waals surface area contributed by atoms with Crippen LogP contribution in [0.25, 0.3) is 0 Å². The van der Waals surface area contributed by atoms with Crippen LogP contribution in [0.4, 0.5) is 18.9 Å². The molecular formula is C8H8F3NO2S. The molecule has 1 rings (SSSR count). The van der Waals surface area contributed by atoms with Gasteiger partial charge in [0, 0.05) is 7.05 Å². The highest BCUT2D eigenvalue weighted by atomic mass is 32.2. The number of hydrogen-bond acceptors (Lipinski definition) is 2. The molecule has 0 spiro atoms. The molecule has 3 nitrogen and oxygen atoms in total. The summed E-state index contributed by atoms with van der Waals surface area (Å²) in [5, 5.41) is 0. The minimum atomic E-state index is -4.79. The van der Waals surface area contributed by atoms with Gasteiger partial charge in [0.2, 0.25) is 0 Å². The number of benzene rings is 1. The second kappa shape index (κ2) is 4.09. The van der Waals surface area contributed by atoms with Crippen molar-refractivity contribution in [3.8, 4) is 0 Å². The summed E-state index contributed by atoms with van der Waals surface area (Å²) in [5.41, 5.74) is -0.405. The van der Waals surface area contributed by atoms with Crippen molar-refractivity contribution in [1.29, 1.82) is 0 Å². The Hall–Kier alpha value is -1.24. The first-order valence-electron chi connectivity index (χ1n) is 3.88. The smallest absolute Gasteiger partial charge is 0.266 e. The number of rotatable bonds is 3. The fourth-order valence-corrected chi connectivity index (χ4v) is 1.62. The van der Waals surface area contributed by atoms with Gasteiger partial charge in [-0.1, -0.05) is 12.1 Å². The van der Waals surface area contributed by atoms with Crippen LogP contribution in [-0.4, -0.2) is 21.2 Å². The number of halogens is 3. The van der Waals surface area contributed by atoms with Crippen molar-refractivity contribution in [1.82, 2.24) is 0 Å². The predicted molar refractivity (Wildman–Crippen MR) is 49.7 cm³/mol. The molecule has 0 saturated heterocycles. The molecule has 0 fully saturated rings. The topological polar surface area (TPSA) is 37.4 Å². The summed E-state index contributed by atoms with van der Waals surface area (Å²) in [6.07, 6.45) is 0. The van der Waals surface area contributed by atoms with Crippen LogP contribution in [0.2, 0.25) is 0 Å². The third-order valence-electron chi connectivity index (χ3n) is 1.80. The van der Waals surface area contributed by atoms with Crippen LogP contribution in [-0.2, 0) is 10.0 Å². The van der Waals surface area contributed by atoms with Crippen LogP contribution < -0.4 is 4.31 Å². The van der Waals surface area contributed by atoms with Gasteiger partial charge >= 0.3 is 5.76 Å². The largest absolute Gasteiger partial charge is 0.355 e. The van der Waals surface area contributed by atoms with Gasteiger partial charge in [-0.2, -0.15) is 8.78 Å². The molecule has 0 aliphatic heterocycles. The molecule has 0 aliphatic carbocycles. The molecule has 0 amide bonds.